The minimum Gasteiger partial charge on any atom is -0.326 e. The highest BCUT2D eigenvalue weighted by molar-refractivity contribution is 4.86. The van der Waals surface area contributed by atoms with Gasteiger partial charge in [0.2, 0.25) is 0 Å². The molecule has 1 heterocycles. The minimum atomic E-state index is 0.457. The maximum absolute atomic E-state index is 5.97. The molecule has 2 nitrogen and oxygen atoms in total. The molecule has 0 aromatic rings. The Morgan fingerprint density at radius 2 is 1.87 bits per heavy atom. The number of rotatable bonds is 3. The number of nitrogens with zero attached hydrogens (tertiary/aromatic N) is 1. The van der Waals surface area contributed by atoms with E-state index in [0.29, 0.717) is 6.04 Å². The Bertz CT molecular complexity index is 185. The van der Waals surface area contributed by atoms with Gasteiger partial charge in [0.25, 0.3) is 0 Å². The van der Waals surface area contributed by atoms with Crippen molar-refractivity contribution in [1.29, 1.82) is 0 Å². The molecule has 0 bridgehead atoms. The van der Waals surface area contributed by atoms with E-state index in [4.69, 9.17) is 5.73 Å². The summed E-state index contributed by atoms with van der Waals surface area (Å²) < 4.78 is 0. The van der Waals surface area contributed by atoms with E-state index in [1.807, 2.05) is 0 Å². The summed E-state index contributed by atoms with van der Waals surface area (Å²) in [5, 5.41) is 0. The predicted molar refractivity (Wildman–Crippen MR) is 64.8 cm³/mol. The van der Waals surface area contributed by atoms with E-state index < -0.39 is 0 Å². The zero-order chi connectivity index (χ0) is 10.7. The summed E-state index contributed by atoms with van der Waals surface area (Å²) in [5.74, 6) is 1.03. The molecule has 2 fully saturated rings. The maximum atomic E-state index is 5.97. The van der Waals surface area contributed by atoms with Gasteiger partial charge >= 0.3 is 0 Å². The summed E-state index contributed by atoms with van der Waals surface area (Å²) in [6.07, 6.45) is 9.81. The van der Waals surface area contributed by atoms with E-state index in [-0.39, 0.29) is 0 Å². The lowest BCUT2D eigenvalue weighted by molar-refractivity contribution is 0.159. The van der Waals surface area contributed by atoms with Crippen LogP contribution in [0, 0.1) is 5.92 Å². The first-order valence-electron chi connectivity index (χ1n) is 6.79. The minimum absolute atomic E-state index is 0.457. The Morgan fingerprint density at radius 3 is 2.40 bits per heavy atom. The van der Waals surface area contributed by atoms with Crippen molar-refractivity contribution in [1.82, 2.24) is 4.90 Å². The highest BCUT2D eigenvalue weighted by Gasteiger charge is 2.29. The van der Waals surface area contributed by atoms with Gasteiger partial charge in [0.05, 0.1) is 0 Å². The van der Waals surface area contributed by atoms with E-state index in [2.05, 4.69) is 11.8 Å². The Labute approximate surface area is 94.2 Å². The summed E-state index contributed by atoms with van der Waals surface area (Å²) in [5.41, 5.74) is 5.97. The zero-order valence-corrected chi connectivity index (χ0v) is 10.1. The first-order valence-corrected chi connectivity index (χ1v) is 6.79. The SMILES string of the molecule is CCCC1CCC(N2CCC(N)C2)CC1. The van der Waals surface area contributed by atoms with Crippen LogP contribution in [0.25, 0.3) is 0 Å². The van der Waals surface area contributed by atoms with Crippen molar-refractivity contribution in [3.63, 3.8) is 0 Å². The standard InChI is InChI=1S/C13H26N2/c1-2-3-11-4-6-13(7-5-11)15-9-8-12(14)10-15/h11-13H,2-10,14H2,1H3. The monoisotopic (exact) mass is 210 g/mol. The van der Waals surface area contributed by atoms with Gasteiger partial charge in [-0.3, -0.25) is 4.90 Å². The number of likely N-dealkylation sites (tertiary alicyclic amines) is 1. The van der Waals surface area contributed by atoms with Crippen LogP contribution in [0.3, 0.4) is 0 Å². The van der Waals surface area contributed by atoms with E-state index in [0.717, 1.165) is 18.5 Å². The molecule has 0 amide bonds. The second-order valence-electron chi connectivity index (χ2n) is 5.51. The molecule has 2 N–H and O–H groups in total. The molecule has 2 rings (SSSR count). The molecular formula is C13H26N2. The van der Waals surface area contributed by atoms with Gasteiger partial charge in [-0.15, -0.1) is 0 Å². The molecular weight excluding hydrogens is 184 g/mol. The van der Waals surface area contributed by atoms with Crippen molar-refractivity contribution in [3.05, 3.63) is 0 Å². The van der Waals surface area contributed by atoms with Crippen LogP contribution in [0.5, 0.6) is 0 Å². The average Bonchev–Trinajstić information content (AvgIpc) is 2.67. The second kappa shape index (κ2) is 5.31. The third-order valence-corrected chi connectivity index (χ3v) is 4.29. The maximum Gasteiger partial charge on any atom is 0.0180 e. The Kier molecular flexibility index (Phi) is 4.04. The molecule has 15 heavy (non-hydrogen) atoms. The van der Waals surface area contributed by atoms with Crippen LogP contribution in [0.4, 0.5) is 0 Å². The van der Waals surface area contributed by atoms with Crippen LogP contribution < -0.4 is 5.73 Å². The lowest BCUT2D eigenvalue weighted by Crippen LogP contribution is -2.38. The van der Waals surface area contributed by atoms with Crippen molar-refractivity contribution >= 4 is 0 Å². The molecule has 1 saturated heterocycles. The molecule has 1 atom stereocenters. The van der Waals surface area contributed by atoms with Gasteiger partial charge in [0.15, 0.2) is 0 Å². The number of nitrogens with two attached hydrogens (primary N) is 1. The van der Waals surface area contributed by atoms with Crippen LogP contribution >= 0.6 is 0 Å². The van der Waals surface area contributed by atoms with Gasteiger partial charge in [0.1, 0.15) is 0 Å². The highest BCUT2D eigenvalue weighted by atomic mass is 15.2. The van der Waals surface area contributed by atoms with Crippen molar-refractivity contribution < 1.29 is 0 Å². The summed E-state index contributed by atoms with van der Waals surface area (Å²) in [7, 11) is 0. The van der Waals surface area contributed by atoms with Crippen molar-refractivity contribution in [2.45, 2.75) is 64.0 Å². The fraction of sp³-hybridized carbons (Fsp3) is 1.00. The van der Waals surface area contributed by atoms with Crippen LogP contribution in [0.2, 0.25) is 0 Å². The van der Waals surface area contributed by atoms with E-state index in [9.17, 15) is 0 Å². The van der Waals surface area contributed by atoms with Gasteiger partial charge in [-0.25, -0.2) is 0 Å². The van der Waals surface area contributed by atoms with Gasteiger partial charge in [-0.1, -0.05) is 19.8 Å². The molecule has 2 heteroatoms. The van der Waals surface area contributed by atoms with Crippen molar-refractivity contribution in [2.75, 3.05) is 13.1 Å². The van der Waals surface area contributed by atoms with Crippen LogP contribution in [0.15, 0.2) is 0 Å². The first-order chi connectivity index (χ1) is 7.29. The Hall–Kier alpha value is -0.0800. The third kappa shape index (κ3) is 2.94. The van der Waals surface area contributed by atoms with Crippen LogP contribution in [-0.4, -0.2) is 30.1 Å². The molecule has 0 aromatic heterocycles. The molecule has 0 radical (unpaired) electrons. The highest BCUT2D eigenvalue weighted by Crippen LogP contribution is 2.31. The molecule has 0 aromatic carbocycles. The van der Waals surface area contributed by atoms with Crippen LogP contribution in [0.1, 0.15) is 51.9 Å². The molecule has 2 aliphatic rings. The smallest absolute Gasteiger partial charge is 0.0180 e. The van der Waals surface area contributed by atoms with Gasteiger partial charge in [-0.2, -0.15) is 0 Å². The van der Waals surface area contributed by atoms with Crippen molar-refractivity contribution in [2.24, 2.45) is 11.7 Å². The third-order valence-electron chi connectivity index (χ3n) is 4.29. The molecule has 88 valence electrons. The molecule has 0 spiro atoms. The Balaban J connectivity index is 1.73. The predicted octanol–water partition coefficient (Wildman–Crippen LogP) is 2.38. The van der Waals surface area contributed by atoms with E-state index in [1.54, 1.807) is 0 Å². The van der Waals surface area contributed by atoms with E-state index >= 15 is 0 Å². The topological polar surface area (TPSA) is 29.3 Å². The lowest BCUT2D eigenvalue weighted by atomic mass is 9.83. The summed E-state index contributed by atoms with van der Waals surface area (Å²) >= 11 is 0. The summed E-state index contributed by atoms with van der Waals surface area (Å²) in [6.45, 7) is 4.72. The normalized spacial score (nSPS) is 38.4. The van der Waals surface area contributed by atoms with Gasteiger partial charge < -0.3 is 5.73 Å². The van der Waals surface area contributed by atoms with E-state index in [1.165, 1.54) is 51.5 Å². The Morgan fingerprint density at radius 1 is 1.13 bits per heavy atom. The average molecular weight is 210 g/mol. The fourth-order valence-corrected chi connectivity index (χ4v) is 3.35. The summed E-state index contributed by atoms with van der Waals surface area (Å²) in [4.78, 5) is 2.65. The lowest BCUT2D eigenvalue weighted by Gasteiger charge is -2.34. The molecule has 1 aliphatic carbocycles. The molecule has 1 unspecified atom stereocenters. The van der Waals surface area contributed by atoms with Gasteiger partial charge in [0, 0.05) is 25.2 Å². The molecule has 1 saturated carbocycles. The van der Waals surface area contributed by atoms with Crippen molar-refractivity contribution in [3.8, 4) is 0 Å². The quantitative estimate of drug-likeness (QED) is 0.775. The van der Waals surface area contributed by atoms with Crippen LogP contribution in [-0.2, 0) is 0 Å². The second-order valence-corrected chi connectivity index (χ2v) is 5.51. The zero-order valence-electron chi connectivity index (χ0n) is 10.1. The summed E-state index contributed by atoms with van der Waals surface area (Å²) in [6, 6.07) is 1.32. The number of hydrogen-bond donors (Lipinski definition) is 1. The first kappa shape index (κ1) is 11.4. The van der Waals surface area contributed by atoms with Gasteiger partial charge in [-0.05, 0) is 38.0 Å². The molecule has 1 aliphatic heterocycles. The fourth-order valence-electron chi connectivity index (χ4n) is 3.35. The largest absolute Gasteiger partial charge is 0.326 e. The number of hydrogen-bond acceptors (Lipinski definition) is 2.